The number of nitrogens with one attached hydrogen (secondary N) is 1. The lowest BCUT2D eigenvalue weighted by Crippen LogP contribution is -2.53. The molecule has 2 N–H and O–H groups in total. The fraction of sp³-hybridized carbons (Fsp3) is 0.560. The second kappa shape index (κ2) is 8.48. The third-order valence-electron chi connectivity index (χ3n) is 7.75. The highest BCUT2D eigenvalue weighted by molar-refractivity contribution is 6.32. The molecule has 34 heavy (non-hydrogen) atoms. The van der Waals surface area contributed by atoms with Crippen molar-refractivity contribution in [3.8, 4) is 5.75 Å². The highest BCUT2D eigenvalue weighted by Crippen LogP contribution is 2.42. The first-order valence-corrected chi connectivity index (χ1v) is 13.0. The number of carbonyl (C=O) groups is 1. The van der Waals surface area contributed by atoms with Crippen molar-refractivity contribution in [3.63, 3.8) is 0 Å². The molecular weight excluding hydrogens is 452 g/mol. The Balaban J connectivity index is 1.46. The minimum atomic E-state index is -0.0541. The summed E-state index contributed by atoms with van der Waals surface area (Å²) in [6.45, 7) is 3.00. The second-order valence-electron chi connectivity index (χ2n) is 9.87. The number of phenols is 1. The van der Waals surface area contributed by atoms with Gasteiger partial charge in [-0.2, -0.15) is 4.98 Å². The normalized spacial score (nSPS) is 24.2. The lowest BCUT2D eigenvalue weighted by molar-refractivity contribution is 0.0836. The number of amides is 1. The molecule has 8 nitrogen and oxygen atoms in total. The molecule has 2 unspecified atom stereocenters. The number of carbonyl (C=O) groups excluding carboxylic acids is 1. The molecule has 0 radical (unpaired) electrons. The van der Waals surface area contributed by atoms with Crippen LogP contribution in [0.15, 0.2) is 23.2 Å². The molecule has 1 aromatic heterocycles. The smallest absolute Gasteiger partial charge is 0.281 e. The summed E-state index contributed by atoms with van der Waals surface area (Å²) in [7, 11) is 0. The van der Waals surface area contributed by atoms with Crippen molar-refractivity contribution in [2.24, 2.45) is 4.99 Å². The molecule has 1 amide bonds. The number of hydrogen-bond donors (Lipinski definition) is 2. The molecule has 2 atom stereocenters. The average molecular weight is 483 g/mol. The largest absolute Gasteiger partial charge is 0.506 e. The number of phenolic OH excluding ortho intramolecular Hbond substituents is 1. The third kappa shape index (κ3) is 3.45. The van der Waals surface area contributed by atoms with E-state index < -0.39 is 0 Å². The molecule has 3 heterocycles. The van der Waals surface area contributed by atoms with Crippen molar-refractivity contribution >= 4 is 35.2 Å². The van der Waals surface area contributed by atoms with Gasteiger partial charge in [-0.05, 0) is 56.7 Å². The number of halogens is 1. The number of guanidine groups is 1. The van der Waals surface area contributed by atoms with Crippen LogP contribution in [0.1, 0.15) is 74.3 Å². The summed E-state index contributed by atoms with van der Waals surface area (Å²) in [6, 6.07) is 6.06. The minimum absolute atomic E-state index is 0.0528. The van der Waals surface area contributed by atoms with Gasteiger partial charge in [-0.3, -0.25) is 19.2 Å². The standard InChI is InChI=1S/C25H31ClN6O2/c1-2-30-23(34)21-22(32-19-10-6-9-18(19)28-25(30)32)29-24(27-16-7-4-3-5-8-16)31(21)14-15-11-12-20(33)17(26)13-15/h11-13,16,18-19,33H,2-10,14H2,1H3,(H,27,29). The van der Waals surface area contributed by atoms with Gasteiger partial charge in [-0.15, -0.1) is 0 Å². The van der Waals surface area contributed by atoms with E-state index >= 15 is 0 Å². The monoisotopic (exact) mass is 482 g/mol. The molecule has 4 aliphatic rings. The molecule has 9 heteroatoms. The Labute approximate surface area is 204 Å². The van der Waals surface area contributed by atoms with Crippen LogP contribution in [0.3, 0.4) is 0 Å². The minimum Gasteiger partial charge on any atom is -0.506 e. The Hall–Kier alpha value is -2.74. The molecule has 1 aromatic carbocycles. The van der Waals surface area contributed by atoms with Crippen LogP contribution in [-0.4, -0.2) is 56.1 Å². The van der Waals surface area contributed by atoms with E-state index in [1.165, 1.54) is 19.3 Å². The van der Waals surface area contributed by atoms with E-state index in [0.29, 0.717) is 29.8 Å². The van der Waals surface area contributed by atoms with Gasteiger partial charge in [0.1, 0.15) is 5.75 Å². The molecule has 180 valence electrons. The molecule has 0 bridgehead atoms. The van der Waals surface area contributed by atoms with Gasteiger partial charge >= 0.3 is 0 Å². The Morgan fingerprint density at radius 2 is 1.97 bits per heavy atom. The fourth-order valence-electron chi connectivity index (χ4n) is 6.03. The van der Waals surface area contributed by atoms with E-state index in [0.717, 1.165) is 55.4 Å². The molecule has 2 aromatic rings. The second-order valence-corrected chi connectivity index (χ2v) is 10.3. The van der Waals surface area contributed by atoms with Gasteiger partial charge < -0.3 is 10.4 Å². The molecule has 2 fully saturated rings. The summed E-state index contributed by atoms with van der Waals surface area (Å²) < 4.78 is 2.01. The zero-order valence-corrected chi connectivity index (χ0v) is 20.3. The van der Waals surface area contributed by atoms with Crippen LogP contribution in [-0.2, 0) is 6.54 Å². The summed E-state index contributed by atoms with van der Waals surface area (Å²) in [6.07, 6.45) is 9.19. The Bertz CT molecular complexity index is 1150. The van der Waals surface area contributed by atoms with Crippen LogP contribution in [0.4, 0.5) is 11.8 Å². The van der Waals surface area contributed by atoms with Crippen molar-refractivity contribution in [2.45, 2.75) is 83.0 Å². The molecule has 2 saturated carbocycles. The molecule has 0 spiro atoms. The number of imidazole rings is 1. The van der Waals surface area contributed by atoms with Crippen LogP contribution in [0.5, 0.6) is 5.75 Å². The number of aromatic nitrogens is 2. The Morgan fingerprint density at radius 1 is 1.15 bits per heavy atom. The first-order chi connectivity index (χ1) is 16.5. The van der Waals surface area contributed by atoms with E-state index in [2.05, 4.69) is 10.2 Å². The van der Waals surface area contributed by atoms with Crippen LogP contribution in [0.2, 0.25) is 5.02 Å². The summed E-state index contributed by atoms with van der Waals surface area (Å²) >= 11 is 6.21. The van der Waals surface area contributed by atoms with E-state index in [4.69, 9.17) is 21.6 Å². The van der Waals surface area contributed by atoms with Gasteiger partial charge in [-0.1, -0.05) is 36.9 Å². The van der Waals surface area contributed by atoms with Crippen LogP contribution in [0.25, 0.3) is 0 Å². The maximum atomic E-state index is 13.8. The van der Waals surface area contributed by atoms with Gasteiger partial charge in [0.05, 0.1) is 23.7 Å². The Morgan fingerprint density at radius 3 is 2.74 bits per heavy atom. The van der Waals surface area contributed by atoms with Gasteiger partial charge in [0.25, 0.3) is 5.91 Å². The number of nitrogens with zero attached hydrogens (tertiary/aromatic N) is 5. The lowest BCUT2D eigenvalue weighted by Gasteiger charge is -2.35. The van der Waals surface area contributed by atoms with Crippen LogP contribution < -0.4 is 10.2 Å². The zero-order valence-electron chi connectivity index (χ0n) is 19.5. The molecule has 0 saturated heterocycles. The number of rotatable bonds is 5. The topological polar surface area (TPSA) is 86.0 Å². The third-order valence-corrected chi connectivity index (χ3v) is 8.05. The summed E-state index contributed by atoms with van der Waals surface area (Å²) in [5.74, 6) is 2.22. The average Bonchev–Trinajstić information content (AvgIpc) is 3.51. The van der Waals surface area contributed by atoms with Crippen molar-refractivity contribution < 1.29 is 9.90 Å². The molecular formula is C25H31ClN6O2. The fourth-order valence-corrected chi connectivity index (χ4v) is 6.23. The summed E-state index contributed by atoms with van der Waals surface area (Å²) in [5.41, 5.74) is 1.51. The lowest BCUT2D eigenvalue weighted by atomic mass is 9.96. The number of anilines is 2. The quantitative estimate of drug-likeness (QED) is 0.650. The Kier molecular flexibility index (Phi) is 5.43. The molecule has 2 aliphatic heterocycles. The van der Waals surface area contributed by atoms with E-state index in [-0.39, 0.29) is 23.7 Å². The first-order valence-electron chi connectivity index (χ1n) is 12.6. The maximum Gasteiger partial charge on any atom is 0.281 e. The number of benzene rings is 1. The van der Waals surface area contributed by atoms with E-state index in [1.807, 2.05) is 17.6 Å². The summed E-state index contributed by atoms with van der Waals surface area (Å²) in [5, 5.41) is 13.9. The number of fused-ring (bicyclic) bond motifs is 5. The van der Waals surface area contributed by atoms with Crippen molar-refractivity contribution in [2.75, 3.05) is 16.8 Å². The van der Waals surface area contributed by atoms with Crippen molar-refractivity contribution in [1.82, 2.24) is 14.5 Å². The zero-order chi connectivity index (χ0) is 23.4. The van der Waals surface area contributed by atoms with Gasteiger partial charge in [0.2, 0.25) is 11.9 Å². The number of hydrogen-bond acceptors (Lipinski definition) is 6. The van der Waals surface area contributed by atoms with Gasteiger partial charge in [-0.25, -0.2) is 4.99 Å². The van der Waals surface area contributed by atoms with Crippen molar-refractivity contribution in [3.05, 3.63) is 34.5 Å². The highest BCUT2D eigenvalue weighted by Gasteiger charge is 2.49. The van der Waals surface area contributed by atoms with Crippen LogP contribution >= 0.6 is 11.6 Å². The maximum absolute atomic E-state index is 13.8. The van der Waals surface area contributed by atoms with Crippen molar-refractivity contribution in [1.29, 1.82) is 0 Å². The van der Waals surface area contributed by atoms with Gasteiger partial charge in [0.15, 0.2) is 11.5 Å². The SMILES string of the molecule is CCN1C(=O)c2c(nc(NC3CCCCC3)n2Cc2ccc(O)c(Cl)c2)N2C1=NC1CCCC12. The van der Waals surface area contributed by atoms with Gasteiger partial charge in [0, 0.05) is 12.6 Å². The predicted octanol–water partition coefficient (Wildman–Crippen LogP) is 4.61. The first kappa shape index (κ1) is 21.8. The number of aliphatic imine (C=N–C) groups is 1. The highest BCUT2D eigenvalue weighted by atomic mass is 35.5. The predicted molar refractivity (Wildman–Crippen MR) is 133 cm³/mol. The van der Waals surface area contributed by atoms with E-state index in [1.54, 1.807) is 17.0 Å². The van der Waals surface area contributed by atoms with Crippen LogP contribution in [0, 0.1) is 0 Å². The molecule has 6 rings (SSSR count). The van der Waals surface area contributed by atoms with E-state index in [9.17, 15) is 9.90 Å². The summed E-state index contributed by atoms with van der Waals surface area (Å²) in [4.78, 5) is 27.9. The molecule has 2 aliphatic carbocycles. The number of aromatic hydroxyl groups is 1.